The first-order valence-electron chi connectivity index (χ1n) is 6.04. The van der Waals surface area contributed by atoms with Gasteiger partial charge in [0.15, 0.2) is 9.84 Å². The van der Waals surface area contributed by atoms with E-state index in [1.165, 1.54) is 0 Å². The molecule has 2 atom stereocenters. The van der Waals surface area contributed by atoms with E-state index >= 15 is 0 Å². The van der Waals surface area contributed by atoms with Crippen LogP contribution in [0.3, 0.4) is 0 Å². The van der Waals surface area contributed by atoms with Gasteiger partial charge in [-0.2, -0.15) is 0 Å². The normalized spacial score (nSPS) is 26.1. The highest BCUT2D eigenvalue weighted by Gasteiger charge is 2.24. The quantitative estimate of drug-likeness (QED) is 0.730. The minimum absolute atomic E-state index is 0.259. The summed E-state index contributed by atoms with van der Waals surface area (Å²) >= 11 is 0. The van der Waals surface area contributed by atoms with E-state index in [2.05, 4.69) is 5.32 Å². The summed E-state index contributed by atoms with van der Waals surface area (Å²) in [5.41, 5.74) is 0. The summed E-state index contributed by atoms with van der Waals surface area (Å²) in [5, 5.41) is 3.30. The van der Waals surface area contributed by atoms with Crippen molar-refractivity contribution in [1.82, 2.24) is 5.32 Å². The Bertz CT molecular complexity index is 290. The zero-order valence-electron chi connectivity index (χ0n) is 10.2. The lowest BCUT2D eigenvalue weighted by atomic mass is 10.2. The van der Waals surface area contributed by atoms with Crippen LogP contribution < -0.4 is 5.32 Å². The fourth-order valence-electron chi connectivity index (χ4n) is 2.17. The van der Waals surface area contributed by atoms with Gasteiger partial charge >= 0.3 is 0 Å². The number of hydrogen-bond acceptors (Lipinski definition) is 4. The highest BCUT2D eigenvalue weighted by Crippen LogP contribution is 2.21. The zero-order valence-corrected chi connectivity index (χ0v) is 11.1. The molecule has 1 aliphatic rings. The average Bonchev–Trinajstić information content (AvgIpc) is 2.65. The van der Waals surface area contributed by atoms with Crippen LogP contribution in [0.4, 0.5) is 0 Å². The van der Waals surface area contributed by atoms with Crippen LogP contribution in [0.1, 0.15) is 32.6 Å². The molecule has 0 saturated heterocycles. The fourth-order valence-corrected chi connectivity index (χ4v) is 3.43. The molecule has 1 aliphatic carbocycles. The monoisotopic (exact) mass is 249 g/mol. The van der Waals surface area contributed by atoms with Crippen LogP contribution in [-0.2, 0) is 14.6 Å². The van der Waals surface area contributed by atoms with E-state index in [-0.39, 0.29) is 5.75 Å². The lowest BCUT2D eigenvalue weighted by Crippen LogP contribution is -2.32. The van der Waals surface area contributed by atoms with Crippen LogP contribution in [0, 0.1) is 0 Å². The summed E-state index contributed by atoms with van der Waals surface area (Å²) in [7, 11) is -1.10. The standard InChI is InChI=1S/C11H23NO3S/c1-3-7-16(13,14)8-6-12-10-4-5-11(9-10)15-2/h10-12H,3-9H2,1-2H3. The molecule has 2 unspecified atom stereocenters. The molecule has 4 nitrogen and oxygen atoms in total. The van der Waals surface area contributed by atoms with Gasteiger partial charge in [0.05, 0.1) is 11.9 Å². The third kappa shape index (κ3) is 4.80. The summed E-state index contributed by atoms with van der Waals surface area (Å²) < 4.78 is 28.2. The average molecular weight is 249 g/mol. The van der Waals surface area contributed by atoms with Crippen LogP contribution >= 0.6 is 0 Å². The molecule has 0 spiro atoms. The zero-order chi connectivity index (χ0) is 12.0. The number of rotatable bonds is 7. The molecule has 0 bridgehead atoms. The van der Waals surface area contributed by atoms with Gasteiger partial charge in [-0.3, -0.25) is 0 Å². The maximum Gasteiger partial charge on any atom is 0.151 e. The van der Waals surface area contributed by atoms with Crippen molar-refractivity contribution >= 4 is 9.84 Å². The second-order valence-corrected chi connectivity index (χ2v) is 6.78. The van der Waals surface area contributed by atoms with Gasteiger partial charge in [0.25, 0.3) is 0 Å². The Hall–Kier alpha value is -0.130. The predicted molar refractivity (Wildman–Crippen MR) is 65.4 cm³/mol. The third-order valence-electron chi connectivity index (χ3n) is 3.08. The Morgan fingerprint density at radius 3 is 2.62 bits per heavy atom. The maximum atomic E-state index is 11.5. The van der Waals surface area contributed by atoms with Gasteiger partial charge in [-0.1, -0.05) is 6.92 Å². The summed E-state index contributed by atoms with van der Waals surface area (Å²) in [6.45, 7) is 2.47. The first-order valence-corrected chi connectivity index (χ1v) is 7.86. The smallest absolute Gasteiger partial charge is 0.151 e. The Balaban J connectivity index is 2.17. The Morgan fingerprint density at radius 1 is 1.31 bits per heavy atom. The van der Waals surface area contributed by atoms with Crippen molar-refractivity contribution in [3.05, 3.63) is 0 Å². The van der Waals surface area contributed by atoms with Crippen molar-refractivity contribution in [2.75, 3.05) is 25.2 Å². The number of sulfone groups is 1. The van der Waals surface area contributed by atoms with Crippen molar-refractivity contribution < 1.29 is 13.2 Å². The molecule has 1 rings (SSSR count). The summed E-state index contributed by atoms with van der Waals surface area (Å²) in [6.07, 6.45) is 4.23. The van der Waals surface area contributed by atoms with E-state index in [4.69, 9.17) is 4.74 Å². The highest BCUT2D eigenvalue weighted by molar-refractivity contribution is 7.91. The molecule has 0 heterocycles. The molecule has 0 aromatic heterocycles. The number of ether oxygens (including phenoxy) is 1. The van der Waals surface area contributed by atoms with Gasteiger partial charge in [-0.05, 0) is 25.7 Å². The molecule has 1 N–H and O–H groups in total. The van der Waals surface area contributed by atoms with Gasteiger partial charge in [0.1, 0.15) is 0 Å². The minimum atomic E-state index is -2.84. The molecule has 1 saturated carbocycles. The second-order valence-electron chi connectivity index (χ2n) is 4.47. The lowest BCUT2D eigenvalue weighted by molar-refractivity contribution is 0.107. The molecular formula is C11H23NO3S. The largest absolute Gasteiger partial charge is 0.381 e. The van der Waals surface area contributed by atoms with Gasteiger partial charge in [-0.15, -0.1) is 0 Å². The predicted octanol–water partition coefficient (Wildman–Crippen LogP) is 0.968. The molecule has 0 aliphatic heterocycles. The van der Waals surface area contributed by atoms with Crippen LogP contribution in [0.5, 0.6) is 0 Å². The van der Waals surface area contributed by atoms with Crippen molar-refractivity contribution in [3.63, 3.8) is 0 Å². The van der Waals surface area contributed by atoms with Crippen LogP contribution in [0.2, 0.25) is 0 Å². The summed E-state index contributed by atoms with van der Waals surface area (Å²) in [4.78, 5) is 0. The number of methoxy groups -OCH3 is 1. The highest BCUT2D eigenvalue weighted by atomic mass is 32.2. The topological polar surface area (TPSA) is 55.4 Å². The van der Waals surface area contributed by atoms with E-state index < -0.39 is 9.84 Å². The first-order chi connectivity index (χ1) is 7.57. The van der Waals surface area contributed by atoms with Crippen LogP contribution in [0.15, 0.2) is 0 Å². The fraction of sp³-hybridized carbons (Fsp3) is 1.00. The third-order valence-corrected chi connectivity index (χ3v) is 4.94. The van der Waals surface area contributed by atoms with Crippen molar-refractivity contribution in [2.24, 2.45) is 0 Å². The van der Waals surface area contributed by atoms with Crippen molar-refractivity contribution in [3.8, 4) is 0 Å². The van der Waals surface area contributed by atoms with Crippen molar-refractivity contribution in [2.45, 2.75) is 44.8 Å². The van der Waals surface area contributed by atoms with E-state index in [0.717, 1.165) is 19.3 Å². The first kappa shape index (κ1) is 13.9. The minimum Gasteiger partial charge on any atom is -0.381 e. The van der Waals surface area contributed by atoms with Gasteiger partial charge in [0.2, 0.25) is 0 Å². The lowest BCUT2D eigenvalue weighted by Gasteiger charge is -2.12. The summed E-state index contributed by atoms with van der Waals surface area (Å²) in [6, 6.07) is 0.432. The molecule has 96 valence electrons. The Labute approximate surface area is 98.7 Å². The van der Waals surface area contributed by atoms with Crippen molar-refractivity contribution in [1.29, 1.82) is 0 Å². The molecule has 16 heavy (non-hydrogen) atoms. The van der Waals surface area contributed by atoms with Gasteiger partial charge < -0.3 is 10.1 Å². The second kappa shape index (κ2) is 6.57. The number of nitrogens with one attached hydrogen (secondary N) is 1. The molecule has 5 heteroatoms. The van der Waals surface area contributed by atoms with E-state index in [0.29, 0.717) is 30.9 Å². The van der Waals surface area contributed by atoms with Gasteiger partial charge in [0, 0.05) is 25.4 Å². The van der Waals surface area contributed by atoms with Gasteiger partial charge in [-0.25, -0.2) is 8.42 Å². The maximum absolute atomic E-state index is 11.5. The van der Waals surface area contributed by atoms with E-state index in [9.17, 15) is 8.42 Å². The van der Waals surface area contributed by atoms with Crippen LogP contribution in [0.25, 0.3) is 0 Å². The molecule has 1 fully saturated rings. The Kier molecular flexibility index (Phi) is 5.72. The molecular weight excluding hydrogens is 226 g/mol. The number of hydrogen-bond donors (Lipinski definition) is 1. The molecule has 0 aromatic carbocycles. The molecule has 0 radical (unpaired) electrons. The Morgan fingerprint density at radius 2 is 2.06 bits per heavy atom. The SMILES string of the molecule is CCCS(=O)(=O)CCNC1CCC(OC)C1. The molecule has 0 aromatic rings. The molecule has 0 amide bonds. The van der Waals surface area contributed by atoms with Crippen LogP contribution in [-0.4, -0.2) is 45.7 Å². The summed E-state index contributed by atoms with van der Waals surface area (Å²) in [5.74, 6) is 0.565. The van der Waals surface area contributed by atoms with E-state index in [1.54, 1.807) is 7.11 Å². The van der Waals surface area contributed by atoms with E-state index in [1.807, 2.05) is 6.92 Å².